The van der Waals surface area contributed by atoms with Crippen molar-refractivity contribution in [2.24, 2.45) is 11.8 Å². The van der Waals surface area contributed by atoms with Crippen LogP contribution in [0.1, 0.15) is 52.9 Å². The molecule has 1 aromatic carbocycles. The Labute approximate surface area is 233 Å². The van der Waals surface area contributed by atoms with Gasteiger partial charge < -0.3 is 29.7 Å². The minimum atomic E-state index is -1.09. The van der Waals surface area contributed by atoms with Crippen LogP contribution in [0.5, 0.6) is 0 Å². The van der Waals surface area contributed by atoms with Crippen LogP contribution < -0.4 is 10.2 Å². The molecule has 2 bridgehead atoms. The minimum absolute atomic E-state index is 0.134. The van der Waals surface area contributed by atoms with Crippen LogP contribution in [0.3, 0.4) is 0 Å². The molecule has 1 aromatic rings. The predicted molar refractivity (Wildman–Crippen MR) is 148 cm³/mol. The number of nitrogens with one attached hydrogen (secondary N) is 1. The molecule has 0 aromatic heterocycles. The van der Waals surface area contributed by atoms with Crippen LogP contribution in [0, 0.1) is 11.8 Å². The monoisotopic (exact) mass is 593 g/mol. The van der Waals surface area contributed by atoms with Crippen molar-refractivity contribution in [3.63, 3.8) is 0 Å². The van der Waals surface area contributed by atoms with Crippen molar-refractivity contribution in [1.29, 1.82) is 0 Å². The van der Waals surface area contributed by atoms with Gasteiger partial charge in [-0.25, -0.2) is 0 Å². The lowest BCUT2D eigenvalue weighted by atomic mass is 9.70. The summed E-state index contributed by atoms with van der Waals surface area (Å²) in [6.45, 7) is 8.44. The molecule has 6 atom stereocenters. The van der Waals surface area contributed by atoms with Crippen LogP contribution in [-0.2, 0) is 23.9 Å². The standard InChI is InChI=1S/C28H40BrN3O6/c1-4-31(5-2)19-13-11-18(12-14-19)30-25(34)24-28-17-20(29)23(38-28)21(27(36)37-6-3)22(28)26(35)32(24)15-9-7-8-10-16-33/h11-14,20-24,33H,4-10,15-17H2,1-3H3,(H,30,34)/t20?,21-,22+,23-,24-,28+/m1/s1. The Kier molecular flexibility index (Phi) is 9.36. The summed E-state index contributed by atoms with van der Waals surface area (Å²) < 4.78 is 11.8. The lowest BCUT2D eigenvalue weighted by molar-refractivity contribution is -0.154. The van der Waals surface area contributed by atoms with E-state index in [1.165, 1.54) is 0 Å². The van der Waals surface area contributed by atoms with E-state index in [9.17, 15) is 14.4 Å². The van der Waals surface area contributed by atoms with Gasteiger partial charge in [-0.1, -0.05) is 28.8 Å². The number of rotatable bonds is 13. The van der Waals surface area contributed by atoms with E-state index in [2.05, 4.69) is 40.0 Å². The zero-order valence-corrected chi connectivity index (χ0v) is 24.1. The maximum Gasteiger partial charge on any atom is 0.312 e. The molecule has 3 aliphatic rings. The SMILES string of the molecule is CCOC(=O)[C@H]1[C@@H]2O[C@@]3(CC2Br)[C@@H]1C(=O)N(CCCCCCO)[C@@H]3C(=O)Nc1ccc(N(CC)CC)cc1. The van der Waals surface area contributed by atoms with Crippen molar-refractivity contribution >= 4 is 45.1 Å². The van der Waals surface area contributed by atoms with Crippen molar-refractivity contribution in [1.82, 2.24) is 4.90 Å². The van der Waals surface area contributed by atoms with Crippen LogP contribution in [0.15, 0.2) is 24.3 Å². The lowest BCUT2D eigenvalue weighted by Gasteiger charge is -2.34. The largest absolute Gasteiger partial charge is 0.466 e. The molecule has 4 rings (SSSR count). The van der Waals surface area contributed by atoms with Crippen molar-refractivity contribution in [3.05, 3.63) is 24.3 Å². The fourth-order valence-electron chi connectivity index (χ4n) is 6.48. The van der Waals surface area contributed by atoms with Gasteiger partial charge >= 0.3 is 5.97 Å². The molecule has 3 fully saturated rings. The smallest absolute Gasteiger partial charge is 0.312 e. The molecule has 1 spiro atoms. The Morgan fingerprint density at radius 2 is 1.84 bits per heavy atom. The molecular formula is C28H40BrN3O6. The van der Waals surface area contributed by atoms with E-state index >= 15 is 0 Å². The van der Waals surface area contributed by atoms with E-state index in [0.29, 0.717) is 31.5 Å². The highest BCUT2D eigenvalue weighted by Crippen LogP contribution is 2.60. The Balaban J connectivity index is 1.60. The number of aliphatic hydroxyl groups is 1. The third-order valence-corrected chi connectivity index (χ3v) is 9.01. The quantitative estimate of drug-likeness (QED) is 0.205. The number of nitrogens with zero attached hydrogens (tertiary/aromatic N) is 2. The van der Waals surface area contributed by atoms with Crippen molar-refractivity contribution in [2.45, 2.75) is 75.4 Å². The molecule has 3 aliphatic heterocycles. The normalized spacial score (nSPS) is 29.4. The van der Waals surface area contributed by atoms with E-state index in [4.69, 9.17) is 14.6 Å². The molecule has 38 heavy (non-hydrogen) atoms. The van der Waals surface area contributed by atoms with E-state index in [1.54, 1.807) is 11.8 Å². The topological polar surface area (TPSA) is 108 Å². The fourth-order valence-corrected chi connectivity index (χ4v) is 7.42. The second-order valence-electron chi connectivity index (χ2n) is 10.3. The average Bonchev–Trinajstić information content (AvgIpc) is 3.49. The molecule has 0 aliphatic carbocycles. The molecule has 210 valence electrons. The first-order chi connectivity index (χ1) is 18.3. The Bertz CT molecular complexity index is 1000. The van der Waals surface area contributed by atoms with Gasteiger partial charge in [0.15, 0.2) is 0 Å². The van der Waals surface area contributed by atoms with Gasteiger partial charge in [0.2, 0.25) is 11.8 Å². The van der Waals surface area contributed by atoms with Gasteiger partial charge in [-0.15, -0.1) is 0 Å². The third kappa shape index (κ3) is 5.19. The van der Waals surface area contributed by atoms with Gasteiger partial charge in [0, 0.05) is 42.4 Å². The Morgan fingerprint density at radius 3 is 2.47 bits per heavy atom. The summed E-state index contributed by atoms with van der Waals surface area (Å²) in [5.74, 6) is -2.47. The molecular weight excluding hydrogens is 554 g/mol. The Hall–Kier alpha value is -2.17. The number of amides is 2. The number of ether oxygens (including phenoxy) is 2. The first-order valence-electron chi connectivity index (χ1n) is 13.9. The minimum Gasteiger partial charge on any atom is -0.466 e. The number of anilines is 2. The summed E-state index contributed by atoms with van der Waals surface area (Å²) in [5.41, 5.74) is 0.624. The maximum absolute atomic E-state index is 13.9. The highest BCUT2D eigenvalue weighted by Gasteiger charge is 2.76. The van der Waals surface area contributed by atoms with Gasteiger partial charge in [0.05, 0.1) is 24.5 Å². The molecule has 2 N–H and O–H groups in total. The number of hydrogen-bond acceptors (Lipinski definition) is 7. The molecule has 3 saturated heterocycles. The van der Waals surface area contributed by atoms with Crippen molar-refractivity contribution in [2.75, 3.05) is 43.1 Å². The summed E-state index contributed by atoms with van der Waals surface area (Å²) in [5, 5.41) is 12.1. The van der Waals surface area contributed by atoms with E-state index in [-0.39, 0.29) is 29.9 Å². The van der Waals surface area contributed by atoms with Gasteiger partial charge in [-0.3, -0.25) is 14.4 Å². The van der Waals surface area contributed by atoms with Gasteiger partial charge in [-0.2, -0.15) is 0 Å². The summed E-state index contributed by atoms with van der Waals surface area (Å²) >= 11 is 3.66. The number of benzene rings is 1. The number of aliphatic hydroxyl groups excluding tert-OH is 1. The molecule has 2 amide bonds. The number of unbranched alkanes of at least 4 members (excludes halogenated alkanes) is 3. The second kappa shape index (κ2) is 12.3. The van der Waals surface area contributed by atoms with Crippen LogP contribution in [-0.4, -0.2) is 83.2 Å². The number of alkyl halides is 1. The number of likely N-dealkylation sites (tertiary alicyclic amines) is 1. The number of carbonyl (C=O) groups excluding carboxylic acids is 3. The fraction of sp³-hybridized carbons (Fsp3) is 0.679. The van der Waals surface area contributed by atoms with Crippen LogP contribution in [0.25, 0.3) is 0 Å². The molecule has 3 heterocycles. The molecule has 0 radical (unpaired) electrons. The van der Waals surface area contributed by atoms with Gasteiger partial charge in [0.1, 0.15) is 11.6 Å². The zero-order chi connectivity index (χ0) is 27.4. The highest BCUT2D eigenvalue weighted by atomic mass is 79.9. The van der Waals surface area contributed by atoms with Crippen LogP contribution in [0.4, 0.5) is 11.4 Å². The maximum atomic E-state index is 13.9. The predicted octanol–water partition coefficient (Wildman–Crippen LogP) is 3.34. The first-order valence-corrected chi connectivity index (χ1v) is 14.8. The lowest BCUT2D eigenvalue weighted by Crippen LogP contribution is -2.54. The number of esters is 1. The van der Waals surface area contributed by atoms with E-state index in [0.717, 1.165) is 31.6 Å². The van der Waals surface area contributed by atoms with Crippen molar-refractivity contribution < 1.29 is 29.0 Å². The average molecular weight is 595 g/mol. The first kappa shape index (κ1) is 28.8. The van der Waals surface area contributed by atoms with Gasteiger partial charge in [-0.05, 0) is 64.3 Å². The molecule has 0 saturated carbocycles. The van der Waals surface area contributed by atoms with Crippen LogP contribution >= 0.6 is 15.9 Å². The number of fused-ring (bicyclic) bond motifs is 1. The summed E-state index contributed by atoms with van der Waals surface area (Å²) in [4.78, 5) is 44.5. The van der Waals surface area contributed by atoms with Crippen molar-refractivity contribution in [3.8, 4) is 0 Å². The summed E-state index contributed by atoms with van der Waals surface area (Å²) in [6, 6.07) is 6.85. The molecule has 9 nitrogen and oxygen atoms in total. The number of halogens is 1. The van der Waals surface area contributed by atoms with E-state index in [1.807, 2.05) is 24.3 Å². The Morgan fingerprint density at radius 1 is 1.16 bits per heavy atom. The molecule has 1 unspecified atom stereocenters. The highest BCUT2D eigenvalue weighted by molar-refractivity contribution is 9.09. The molecule has 10 heteroatoms. The third-order valence-electron chi connectivity index (χ3n) is 8.17. The van der Waals surface area contributed by atoms with E-state index < -0.39 is 35.6 Å². The summed E-state index contributed by atoms with van der Waals surface area (Å²) in [6.07, 6.45) is 3.02. The van der Waals surface area contributed by atoms with Gasteiger partial charge in [0.25, 0.3) is 0 Å². The number of carbonyl (C=O) groups is 3. The number of hydrogen-bond donors (Lipinski definition) is 2. The summed E-state index contributed by atoms with van der Waals surface area (Å²) in [7, 11) is 0. The zero-order valence-electron chi connectivity index (χ0n) is 22.5. The second-order valence-corrected chi connectivity index (χ2v) is 11.5. The van der Waals surface area contributed by atoms with Crippen LogP contribution in [0.2, 0.25) is 0 Å².